The maximum absolute atomic E-state index is 12.9. The van der Waals surface area contributed by atoms with Gasteiger partial charge >= 0.3 is 18.3 Å². The summed E-state index contributed by atoms with van der Waals surface area (Å²) < 4.78 is 77.0. The van der Waals surface area contributed by atoms with Gasteiger partial charge in [-0.3, -0.25) is 0 Å². The van der Waals surface area contributed by atoms with Crippen LogP contribution in [0.5, 0.6) is 0 Å². The largest absolute Gasteiger partial charge is 0.478 e. The Kier molecular flexibility index (Phi) is 4.70. The van der Waals surface area contributed by atoms with Crippen molar-refractivity contribution in [2.24, 2.45) is 0 Å². The van der Waals surface area contributed by atoms with E-state index in [0.717, 1.165) is 0 Å². The van der Waals surface area contributed by atoms with Crippen LogP contribution < -0.4 is 0 Å². The third-order valence-corrected chi connectivity index (χ3v) is 2.67. The third-order valence-electron chi connectivity index (χ3n) is 2.67. The van der Waals surface area contributed by atoms with E-state index in [1.807, 2.05) is 0 Å². The van der Waals surface area contributed by atoms with Gasteiger partial charge in [-0.2, -0.15) is 26.3 Å². The van der Waals surface area contributed by atoms with Crippen molar-refractivity contribution >= 4 is 12.0 Å². The summed E-state index contributed by atoms with van der Waals surface area (Å²) in [6, 6.07) is 0.728. The minimum atomic E-state index is -4.88. The van der Waals surface area contributed by atoms with Gasteiger partial charge in [-0.1, -0.05) is 6.92 Å². The molecule has 8 heteroatoms. The summed E-state index contributed by atoms with van der Waals surface area (Å²) in [7, 11) is 0. The molecule has 0 aliphatic heterocycles. The average Bonchev–Trinajstić information content (AvgIpc) is 2.32. The molecule has 0 unspecified atom stereocenters. The van der Waals surface area contributed by atoms with Gasteiger partial charge in [0.2, 0.25) is 0 Å². The van der Waals surface area contributed by atoms with E-state index in [-0.39, 0.29) is 6.42 Å². The van der Waals surface area contributed by atoms with Crippen molar-refractivity contribution in [3.8, 4) is 0 Å². The van der Waals surface area contributed by atoms with Crippen LogP contribution in [0.2, 0.25) is 0 Å². The standard InChI is InChI=1S/C13H10F6O2/c1-2-7-5-10(13(17,18)19)8(3-4-11(20)21)6-9(7)12(14,15)16/h3-6H,2H2,1H3,(H,20,21)/b4-3+. The highest BCUT2D eigenvalue weighted by Gasteiger charge is 2.38. The number of carboxylic acids is 1. The fourth-order valence-corrected chi connectivity index (χ4v) is 1.76. The quantitative estimate of drug-likeness (QED) is 0.664. The molecule has 0 heterocycles. The number of aryl methyl sites for hydroxylation is 1. The fraction of sp³-hybridized carbons (Fsp3) is 0.308. The smallest absolute Gasteiger partial charge is 0.416 e. The lowest BCUT2D eigenvalue weighted by Gasteiger charge is -2.17. The summed E-state index contributed by atoms with van der Waals surface area (Å²) in [6.45, 7) is 1.30. The molecule has 0 bridgehead atoms. The lowest BCUT2D eigenvalue weighted by molar-refractivity contribution is -0.142. The predicted molar refractivity (Wildman–Crippen MR) is 62.5 cm³/mol. The van der Waals surface area contributed by atoms with Crippen molar-refractivity contribution in [2.75, 3.05) is 0 Å². The van der Waals surface area contributed by atoms with Crippen LogP contribution in [0.1, 0.15) is 29.2 Å². The molecule has 0 aliphatic rings. The van der Waals surface area contributed by atoms with Crippen LogP contribution in [-0.4, -0.2) is 11.1 Å². The average molecular weight is 312 g/mol. The molecule has 0 fully saturated rings. The Morgan fingerprint density at radius 1 is 1.10 bits per heavy atom. The molecule has 0 atom stereocenters. The molecule has 116 valence electrons. The first kappa shape index (κ1) is 17.1. The minimum Gasteiger partial charge on any atom is -0.478 e. The summed E-state index contributed by atoms with van der Waals surface area (Å²) in [6.07, 6.45) is -9.08. The molecule has 2 nitrogen and oxygen atoms in total. The summed E-state index contributed by atoms with van der Waals surface area (Å²) in [5.74, 6) is -1.56. The molecule has 1 rings (SSSR count). The second kappa shape index (κ2) is 5.79. The number of hydrogen-bond acceptors (Lipinski definition) is 1. The van der Waals surface area contributed by atoms with Gasteiger partial charge in [0.25, 0.3) is 0 Å². The molecule has 1 aromatic carbocycles. The first-order valence-corrected chi connectivity index (χ1v) is 5.69. The Bertz CT molecular complexity index is 569. The summed E-state index contributed by atoms with van der Waals surface area (Å²) in [4.78, 5) is 10.3. The number of halogens is 6. The Hall–Kier alpha value is -1.99. The Morgan fingerprint density at radius 2 is 1.62 bits per heavy atom. The van der Waals surface area contributed by atoms with Crippen LogP contribution in [-0.2, 0) is 23.6 Å². The molecule has 0 amide bonds. The van der Waals surface area contributed by atoms with Crippen LogP contribution >= 0.6 is 0 Å². The number of benzene rings is 1. The Morgan fingerprint density at radius 3 is 2.00 bits per heavy atom. The summed E-state index contributed by atoms with van der Waals surface area (Å²) >= 11 is 0. The highest BCUT2D eigenvalue weighted by Crippen LogP contribution is 2.39. The third kappa shape index (κ3) is 4.24. The predicted octanol–water partition coefficient (Wildman–Crippen LogP) is 4.38. The fourth-order valence-electron chi connectivity index (χ4n) is 1.76. The minimum absolute atomic E-state index is 0.235. The van der Waals surface area contributed by atoms with Crippen molar-refractivity contribution < 1.29 is 36.2 Å². The number of rotatable bonds is 3. The van der Waals surface area contributed by atoms with Crippen molar-refractivity contribution in [3.63, 3.8) is 0 Å². The van der Waals surface area contributed by atoms with E-state index in [1.165, 1.54) is 6.92 Å². The number of carbonyl (C=O) groups is 1. The van der Waals surface area contributed by atoms with Crippen LogP contribution in [0.15, 0.2) is 18.2 Å². The van der Waals surface area contributed by atoms with Crippen molar-refractivity contribution in [3.05, 3.63) is 40.5 Å². The first-order chi connectivity index (χ1) is 9.46. The molecule has 0 radical (unpaired) electrons. The monoisotopic (exact) mass is 312 g/mol. The van der Waals surface area contributed by atoms with Gasteiger partial charge in [0.1, 0.15) is 0 Å². The molecule has 0 spiro atoms. The molecular formula is C13H10F6O2. The summed E-state index contributed by atoms with van der Waals surface area (Å²) in [5.41, 5.74) is -3.84. The van der Waals surface area contributed by atoms with Crippen LogP contribution in [0.4, 0.5) is 26.3 Å². The number of carboxylic acid groups (broad SMARTS) is 1. The molecule has 1 aromatic rings. The van der Waals surface area contributed by atoms with E-state index in [4.69, 9.17) is 5.11 Å². The van der Waals surface area contributed by atoms with Crippen LogP contribution in [0.3, 0.4) is 0 Å². The van der Waals surface area contributed by atoms with Gasteiger partial charge in [-0.25, -0.2) is 4.79 Å². The first-order valence-electron chi connectivity index (χ1n) is 5.69. The number of aliphatic carboxylic acids is 1. The van der Waals surface area contributed by atoms with Crippen molar-refractivity contribution in [1.82, 2.24) is 0 Å². The summed E-state index contributed by atoms with van der Waals surface area (Å²) in [5, 5.41) is 8.41. The number of hydrogen-bond donors (Lipinski definition) is 1. The van der Waals surface area contributed by atoms with Crippen LogP contribution in [0.25, 0.3) is 6.08 Å². The highest BCUT2D eigenvalue weighted by molar-refractivity contribution is 5.85. The highest BCUT2D eigenvalue weighted by atomic mass is 19.4. The van der Waals surface area contributed by atoms with Gasteiger partial charge in [0.05, 0.1) is 11.1 Å². The zero-order valence-corrected chi connectivity index (χ0v) is 10.6. The van der Waals surface area contributed by atoms with Gasteiger partial charge < -0.3 is 5.11 Å². The molecule has 0 saturated carbocycles. The molecular weight excluding hydrogens is 302 g/mol. The van der Waals surface area contributed by atoms with Gasteiger partial charge in [0.15, 0.2) is 0 Å². The van der Waals surface area contributed by atoms with Gasteiger partial charge in [0, 0.05) is 6.08 Å². The molecule has 0 aromatic heterocycles. The zero-order chi connectivity index (χ0) is 16.4. The molecule has 1 N–H and O–H groups in total. The topological polar surface area (TPSA) is 37.3 Å². The van der Waals surface area contributed by atoms with Crippen LogP contribution in [0, 0.1) is 0 Å². The van der Waals surface area contributed by atoms with Gasteiger partial charge in [-0.05, 0) is 35.8 Å². The zero-order valence-electron chi connectivity index (χ0n) is 10.6. The lowest BCUT2D eigenvalue weighted by atomic mass is 9.95. The van der Waals surface area contributed by atoms with E-state index in [0.29, 0.717) is 24.3 Å². The van der Waals surface area contributed by atoms with E-state index in [9.17, 15) is 31.1 Å². The maximum atomic E-state index is 12.9. The molecule has 0 aliphatic carbocycles. The van der Waals surface area contributed by atoms with E-state index in [1.54, 1.807) is 0 Å². The maximum Gasteiger partial charge on any atom is 0.416 e. The SMILES string of the molecule is CCc1cc(C(F)(F)F)c(/C=C/C(=O)O)cc1C(F)(F)F. The molecule has 0 saturated heterocycles. The van der Waals surface area contributed by atoms with E-state index in [2.05, 4.69) is 0 Å². The lowest BCUT2D eigenvalue weighted by Crippen LogP contribution is -2.14. The number of alkyl halides is 6. The Balaban J connectivity index is 3.61. The second-order valence-corrected chi connectivity index (χ2v) is 4.12. The Labute approximate surface area is 115 Å². The second-order valence-electron chi connectivity index (χ2n) is 4.12. The normalized spacial score (nSPS) is 12.9. The van der Waals surface area contributed by atoms with E-state index < -0.39 is 40.6 Å². The van der Waals surface area contributed by atoms with Crippen molar-refractivity contribution in [2.45, 2.75) is 25.7 Å². The van der Waals surface area contributed by atoms with Gasteiger partial charge in [-0.15, -0.1) is 0 Å². The van der Waals surface area contributed by atoms with E-state index >= 15 is 0 Å². The molecule has 21 heavy (non-hydrogen) atoms. The van der Waals surface area contributed by atoms with Crippen molar-refractivity contribution in [1.29, 1.82) is 0 Å².